The van der Waals surface area contributed by atoms with Gasteiger partial charge in [-0.1, -0.05) is 0 Å². The molecule has 10 heteroatoms. The van der Waals surface area contributed by atoms with E-state index in [0.29, 0.717) is 0 Å². The van der Waals surface area contributed by atoms with E-state index in [4.69, 9.17) is 14.2 Å². The van der Waals surface area contributed by atoms with E-state index in [9.17, 15) is 19.7 Å². The molecule has 0 saturated carbocycles. The number of benzene rings is 1. The SMILES string of the molecule is COc1c(OC(C)=O)ccc(/C=N/NC(=O)OC(C)(C)C)c1[N+](=O)[O-]. The number of hydrazone groups is 1. The van der Waals surface area contributed by atoms with Crippen LogP contribution in [0.3, 0.4) is 0 Å². The summed E-state index contributed by atoms with van der Waals surface area (Å²) in [6.45, 7) is 6.20. The molecular weight excluding hydrogens is 334 g/mol. The zero-order valence-corrected chi connectivity index (χ0v) is 14.5. The van der Waals surface area contributed by atoms with Crippen LogP contribution in [0.15, 0.2) is 17.2 Å². The van der Waals surface area contributed by atoms with E-state index in [2.05, 4.69) is 10.5 Å². The first kappa shape index (κ1) is 19.9. The Morgan fingerprint density at radius 1 is 1.32 bits per heavy atom. The van der Waals surface area contributed by atoms with Gasteiger partial charge in [0.2, 0.25) is 5.75 Å². The Balaban J connectivity index is 3.11. The predicted octanol–water partition coefficient (Wildman–Crippen LogP) is 2.39. The van der Waals surface area contributed by atoms with Gasteiger partial charge < -0.3 is 14.2 Å². The minimum atomic E-state index is -0.810. The van der Waals surface area contributed by atoms with Gasteiger partial charge in [0.15, 0.2) is 5.75 Å². The number of methoxy groups -OCH3 is 1. The molecule has 25 heavy (non-hydrogen) atoms. The molecule has 0 atom stereocenters. The number of hydrogen-bond donors (Lipinski definition) is 1. The molecule has 0 aliphatic heterocycles. The second kappa shape index (κ2) is 8.08. The number of nitro benzene ring substituents is 1. The van der Waals surface area contributed by atoms with E-state index in [-0.39, 0.29) is 17.1 Å². The summed E-state index contributed by atoms with van der Waals surface area (Å²) >= 11 is 0. The van der Waals surface area contributed by atoms with Crippen molar-refractivity contribution in [2.75, 3.05) is 7.11 Å². The van der Waals surface area contributed by atoms with Crippen molar-refractivity contribution in [3.8, 4) is 11.5 Å². The molecule has 0 unspecified atom stereocenters. The smallest absolute Gasteiger partial charge is 0.428 e. The van der Waals surface area contributed by atoms with Crippen LogP contribution < -0.4 is 14.9 Å². The van der Waals surface area contributed by atoms with Crippen molar-refractivity contribution in [1.82, 2.24) is 5.43 Å². The van der Waals surface area contributed by atoms with E-state index in [1.807, 2.05) is 0 Å². The number of hydrogen-bond acceptors (Lipinski definition) is 8. The van der Waals surface area contributed by atoms with Gasteiger partial charge in [-0.25, -0.2) is 10.2 Å². The Hall–Kier alpha value is -3.17. The first-order valence-corrected chi connectivity index (χ1v) is 7.11. The molecule has 10 nitrogen and oxygen atoms in total. The Labute approximate surface area is 143 Å². The van der Waals surface area contributed by atoms with Crippen molar-refractivity contribution >= 4 is 24.0 Å². The third-order valence-corrected chi connectivity index (χ3v) is 2.53. The highest BCUT2D eigenvalue weighted by atomic mass is 16.6. The topological polar surface area (TPSA) is 129 Å². The molecule has 0 aliphatic rings. The molecule has 0 saturated heterocycles. The number of amides is 1. The second-order valence-corrected chi connectivity index (χ2v) is 5.76. The van der Waals surface area contributed by atoms with Crippen LogP contribution in [-0.4, -0.2) is 35.9 Å². The quantitative estimate of drug-likeness (QED) is 0.283. The van der Waals surface area contributed by atoms with Crippen LogP contribution in [0.2, 0.25) is 0 Å². The van der Waals surface area contributed by atoms with Crippen LogP contribution in [0, 0.1) is 10.1 Å². The van der Waals surface area contributed by atoms with Gasteiger partial charge in [-0.15, -0.1) is 0 Å². The molecule has 0 aliphatic carbocycles. The Bertz CT molecular complexity index is 708. The first-order valence-electron chi connectivity index (χ1n) is 7.11. The van der Waals surface area contributed by atoms with Crippen LogP contribution in [-0.2, 0) is 9.53 Å². The molecule has 1 aromatic carbocycles. The van der Waals surface area contributed by atoms with Gasteiger partial charge in [0.25, 0.3) is 0 Å². The van der Waals surface area contributed by atoms with E-state index in [0.717, 1.165) is 13.1 Å². The average Bonchev–Trinajstić information content (AvgIpc) is 2.45. The Morgan fingerprint density at radius 3 is 2.44 bits per heavy atom. The normalized spacial score (nSPS) is 11.1. The molecule has 1 aromatic rings. The van der Waals surface area contributed by atoms with Crippen molar-refractivity contribution in [3.63, 3.8) is 0 Å². The molecule has 1 rings (SSSR count). The fourth-order valence-electron chi connectivity index (χ4n) is 1.75. The summed E-state index contributed by atoms with van der Waals surface area (Å²) in [7, 11) is 1.20. The fourth-order valence-corrected chi connectivity index (χ4v) is 1.75. The number of rotatable bonds is 5. The maximum atomic E-state index is 11.5. The zero-order valence-electron chi connectivity index (χ0n) is 14.5. The summed E-state index contributed by atoms with van der Waals surface area (Å²) in [6, 6.07) is 2.63. The van der Waals surface area contributed by atoms with Gasteiger partial charge >= 0.3 is 17.7 Å². The van der Waals surface area contributed by atoms with Crippen molar-refractivity contribution in [1.29, 1.82) is 0 Å². The molecule has 0 aromatic heterocycles. The van der Waals surface area contributed by atoms with Crippen molar-refractivity contribution in [2.45, 2.75) is 33.3 Å². The lowest BCUT2D eigenvalue weighted by molar-refractivity contribution is -0.385. The minimum absolute atomic E-state index is 0.0359. The lowest BCUT2D eigenvalue weighted by Gasteiger charge is -2.18. The van der Waals surface area contributed by atoms with E-state index in [1.54, 1.807) is 20.8 Å². The largest absolute Gasteiger partial charge is 0.488 e. The average molecular weight is 353 g/mol. The van der Waals surface area contributed by atoms with E-state index >= 15 is 0 Å². The predicted molar refractivity (Wildman–Crippen MR) is 87.9 cm³/mol. The maximum absolute atomic E-state index is 11.5. The molecule has 136 valence electrons. The summed E-state index contributed by atoms with van der Waals surface area (Å²) in [6.07, 6.45) is 0.247. The van der Waals surface area contributed by atoms with Gasteiger partial charge in [0.05, 0.1) is 23.8 Å². The van der Waals surface area contributed by atoms with Crippen LogP contribution in [0.1, 0.15) is 33.3 Å². The number of ether oxygens (including phenoxy) is 3. The standard InChI is InChI=1S/C15H19N3O7/c1-9(19)24-11-7-6-10(12(18(21)22)13(11)23-5)8-16-17-14(20)25-15(2,3)4/h6-8H,1-5H3,(H,17,20)/b16-8+. The summed E-state index contributed by atoms with van der Waals surface area (Å²) in [5, 5.41) is 15.0. The van der Waals surface area contributed by atoms with Gasteiger partial charge in [-0.3, -0.25) is 14.9 Å². The monoisotopic (exact) mass is 353 g/mol. The van der Waals surface area contributed by atoms with Crippen molar-refractivity contribution in [3.05, 3.63) is 27.8 Å². The second-order valence-electron chi connectivity index (χ2n) is 5.76. The van der Waals surface area contributed by atoms with Crippen molar-refractivity contribution in [2.24, 2.45) is 5.10 Å². The molecule has 0 spiro atoms. The number of nitrogens with one attached hydrogen (secondary N) is 1. The third kappa shape index (κ3) is 6.09. The van der Waals surface area contributed by atoms with Gasteiger partial charge in [0, 0.05) is 6.92 Å². The molecule has 0 fully saturated rings. The highest BCUT2D eigenvalue weighted by Gasteiger charge is 2.25. The Kier molecular flexibility index (Phi) is 6.43. The van der Waals surface area contributed by atoms with Crippen LogP contribution in [0.25, 0.3) is 0 Å². The zero-order chi connectivity index (χ0) is 19.2. The van der Waals surface area contributed by atoms with Crippen LogP contribution >= 0.6 is 0 Å². The van der Waals surface area contributed by atoms with E-state index in [1.165, 1.54) is 19.2 Å². The van der Waals surface area contributed by atoms with Gasteiger partial charge in [0.1, 0.15) is 5.60 Å². The molecule has 0 heterocycles. The molecular formula is C15H19N3O7. The lowest BCUT2D eigenvalue weighted by atomic mass is 10.1. The number of nitro groups is 1. The molecule has 0 radical (unpaired) electrons. The highest BCUT2D eigenvalue weighted by Crippen LogP contribution is 2.39. The summed E-state index contributed by atoms with van der Waals surface area (Å²) < 4.78 is 14.8. The maximum Gasteiger partial charge on any atom is 0.428 e. The number of carbonyl (C=O) groups is 2. The molecule has 0 bridgehead atoms. The fraction of sp³-hybridized carbons (Fsp3) is 0.400. The third-order valence-electron chi connectivity index (χ3n) is 2.53. The number of carbonyl (C=O) groups excluding carboxylic acids is 2. The molecule has 1 amide bonds. The first-order chi connectivity index (χ1) is 11.5. The number of esters is 1. The minimum Gasteiger partial charge on any atom is -0.488 e. The summed E-state index contributed by atoms with van der Waals surface area (Å²) in [5.41, 5.74) is 0.964. The van der Waals surface area contributed by atoms with Crippen molar-refractivity contribution < 1.29 is 28.7 Å². The van der Waals surface area contributed by atoms with E-state index < -0.39 is 28.3 Å². The number of nitrogens with zero attached hydrogens (tertiary/aromatic N) is 2. The van der Waals surface area contributed by atoms with Gasteiger partial charge in [-0.05, 0) is 32.9 Å². The van der Waals surface area contributed by atoms with Crippen LogP contribution in [0.4, 0.5) is 10.5 Å². The summed E-state index contributed by atoms with van der Waals surface area (Å²) in [5.74, 6) is -0.985. The summed E-state index contributed by atoms with van der Waals surface area (Å²) in [4.78, 5) is 33.2. The lowest BCUT2D eigenvalue weighted by Crippen LogP contribution is -2.29. The highest BCUT2D eigenvalue weighted by molar-refractivity contribution is 5.89. The molecule has 1 N–H and O–H groups in total. The van der Waals surface area contributed by atoms with Crippen LogP contribution in [0.5, 0.6) is 11.5 Å². The van der Waals surface area contributed by atoms with Gasteiger partial charge in [-0.2, -0.15) is 5.10 Å². The Morgan fingerprint density at radius 2 is 1.96 bits per heavy atom.